The zero-order chi connectivity index (χ0) is 18.8. The summed E-state index contributed by atoms with van der Waals surface area (Å²) in [7, 11) is 1.37. The van der Waals surface area contributed by atoms with Crippen LogP contribution in [0.4, 0.5) is 15.8 Å². The van der Waals surface area contributed by atoms with Crippen molar-refractivity contribution in [1.29, 1.82) is 0 Å². The van der Waals surface area contributed by atoms with Crippen LogP contribution in [0.1, 0.15) is 12.0 Å². The molecule has 26 heavy (non-hydrogen) atoms. The highest BCUT2D eigenvalue weighted by Gasteiger charge is 2.35. The summed E-state index contributed by atoms with van der Waals surface area (Å²) in [6, 6.07) is 9.83. The maximum Gasteiger partial charge on any atom is 0.229 e. The fraction of sp³-hybridized carbons (Fsp3) is 0.263. The van der Waals surface area contributed by atoms with Crippen LogP contribution in [-0.2, 0) is 9.59 Å². The molecule has 1 aliphatic heterocycles. The predicted molar refractivity (Wildman–Crippen MR) is 101 cm³/mol. The van der Waals surface area contributed by atoms with Crippen molar-refractivity contribution in [2.45, 2.75) is 13.3 Å². The lowest BCUT2D eigenvalue weighted by Crippen LogP contribution is -2.28. The summed E-state index contributed by atoms with van der Waals surface area (Å²) in [4.78, 5) is 26.4. The minimum atomic E-state index is -0.556. The van der Waals surface area contributed by atoms with Crippen molar-refractivity contribution < 1.29 is 18.7 Å². The van der Waals surface area contributed by atoms with E-state index in [0.717, 1.165) is 15.7 Å². The molecule has 0 saturated carbocycles. The molecule has 3 rings (SSSR count). The molecule has 2 amide bonds. The molecular formula is C19H18BrFN2O3. The molecule has 1 N–H and O–H groups in total. The van der Waals surface area contributed by atoms with Gasteiger partial charge in [-0.05, 0) is 42.8 Å². The minimum absolute atomic E-state index is 0.104. The minimum Gasteiger partial charge on any atom is -0.494 e. The summed E-state index contributed by atoms with van der Waals surface area (Å²) in [5, 5.41) is 2.67. The number of hydrogen-bond donors (Lipinski definition) is 1. The number of nitrogens with zero attached hydrogens (tertiary/aromatic N) is 1. The van der Waals surface area contributed by atoms with E-state index in [-0.39, 0.29) is 24.0 Å². The Kier molecular flexibility index (Phi) is 5.27. The Hall–Kier alpha value is -2.41. The van der Waals surface area contributed by atoms with Crippen molar-refractivity contribution in [3.63, 3.8) is 0 Å². The van der Waals surface area contributed by atoms with Crippen LogP contribution in [0.25, 0.3) is 0 Å². The van der Waals surface area contributed by atoms with E-state index in [1.807, 2.05) is 25.1 Å². The Morgan fingerprint density at radius 3 is 2.73 bits per heavy atom. The molecule has 1 aliphatic rings. The molecule has 0 aliphatic carbocycles. The van der Waals surface area contributed by atoms with Crippen molar-refractivity contribution in [3.05, 3.63) is 52.3 Å². The van der Waals surface area contributed by atoms with Gasteiger partial charge in [0.2, 0.25) is 11.8 Å². The van der Waals surface area contributed by atoms with Gasteiger partial charge < -0.3 is 15.0 Å². The van der Waals surface area contributed by atoms with Gasteiger partial charge in [-0.3, -0.25) is 9.59 Å². The molecule has 136 valence electrons. The van der Waals surface area contributed by atoms with Crippen molar-refractivity contribution in [2.24, 2.45) is 5.92 Å². The Morgan fingerprint density at radius 2 is 2.08 bits per heavy atom. The highest BCUT2D eigenvalue weighted by molar-refractivity contribution is 9.10. The third-order valence-corrected chi connectivity index (χ3v) is 5.26. The van der Waals surface area contributed by atoms with E-state index >= 15 is 0 Å². The van der Waals surface area contributed by atoms with Crippen LogP contribution >= 0.6 is 15.9 Å². The molecule has 5 nitrogen and oxygen atoms in total. The number of ether oxygens (including phenoxy) is 1. The molecule has 0 radical (unpaired) electrons. The first-order valence-corrected chi connectivity index (χ1v) is 8.89. The van der Waals surface area contributed by atoms with Gasteiger partial charge in [0.15, 0.2) is 11.6 Å². The molecule has 0 spiro atoms. The quantitative estimate of drug-likeness (QED) is 0.815. The van der Waals surface area contributed by atoms with Gasteiger partial charge in [0.25, 0.3) is 0 Å². The standard InChI is InChI=1S/C19H18BrFN2O3/c1-11-7-14(4-5-15(11)20)23-10-12(8-18(23)24)19(25)22-13-3-6-17(26-2)16(21)9-13/h3-7,9,12H,8,10H2,1-2H3,(H,22,25). The first kappa shape index (κ1) is 18.4. The van der Waals surface area contributed by atoms with Crippen molar-refractivity contribution >= 4 is 39.1 Å². The molecule has 7 heteroatoms. The van der Waals surface area contributed by atoms with Gasteiger partial charge in [-0.1, -0.05) is 15.9 Å². The van der Waals surface area contributed by atoms with E-state index in [1.165, 1.54) is 19.2 Å². The summed E-state index contributed by atoms with van der Waals surface area (Å²) in [6.07, 6.45) is 0.125. The van der Waals surface area contributed by atoms with E-state index < -0.39 is 11.7 Å². The molecule has 0 aromatic heterocycles. The van der Waals surface area contributed by atoms with Gasteiger partial charge in [-0.2, -0.15) is 0 Å². The number of carbonyl (C=O) groups excluding carboxylic acids is 2. The zero-order valence-corrected chi connectivity index (χ0v) is 16.0. The fourth-order valence-electron chi connectivity index (χ4n) is 2.92. The number of aryl methyl sites for hydroxylation is 1. The van der Waals surface area contributed by atoms with Crippen LogP contribution < -0.4 is 15.0 Å². The van der Waals surface area contributed by atoms with Crippen molar-refractivity contribution in [2.75, 3.05) is 23.9 Å². The van der Waals surface area contributed by atoms with E-state index in [0.29, 0.717) is 12.2 Å². The van der Waals surface area contributed by atoms with Gasteiger partial charge in [-0.15, -0.1) is 0 Å². The van der Waals surface area contributed by atoms with E-state index in [1.54, 1.807) is 11.0 Å². The third-order valence-electron chi connectivity index (χ3n) is 4.37. The highest BCUT2D eigenvalue weighted by Crippen LogP contribution is 2.29. The molecule has 1 atom stereocenters. The number of carbonyl (C=O) groups is 2. The smallest absolute Gasteiger partial charge is 0.229 e. The van der Waals surface area contributed by atoms with Crippen LogP contribution in [0.15, 0.2) is 40.9 Å². The number of halogens is 2. The summed E-state index contributed by atoms with van der Waals surface area (Å²) in [5.74, 6) is -1.35. The summed E-state index contributed by atoms with van der Waals surface area (Å²) in [5.41, 5.74) is 2.11. The number of methoxy groups -OCH3 is 1. The molecule has 1 heterocycles. The van der Waals surface area contributed by atoms with E-state index in [4.69, 9.17) is 4.74 Å². The number of hydrogen-bond acceptors (Lipinski definition) is 3. The summed E-state index contributed by atoms with van der Waals surface area (Å²) < 4.78 is 19.6. The van der Waals surface area contributed by atoms with Gasteiger partial charge in [0, 0.05) is 34.9 Å². The second kappa shape index (κ2) is 7.45. The first-order chi connectivity index (χ1) is 12.4. The first-order valence-electron chi connectivity index (χ1n) is 8.10. The molecule has 1 saturated heterocycles. The molecule has 1 unspecified atom stereocenters. The van der Waals surface area contributed by atoms with Crippen molar-refractivity contribution in [1.82, 2.24) is 0 Å². The normalized spacial score (nSPS) is 16.7. The van der Waals surface area contributed by atoms with Crippen LogP contribution in [-0.4, -0.2) is 25.5 Å². The SMILES string of the molecule is COc1ccc(NC(=O)C2CC(=O)N(c3ccc(Br)c(C)c3)C2)cc1F. The molecule has 2 aromatic rings. The largest absolute Gasteiger partial charge is 0.494 e. The molecule has 2 aromatic carbocycles. The second-order valence-corrected chi connectivity index (χ2v) is 7.03. The lowest BCUT2D eigenvalue weighted by Gasteiger charge is -2.18. The number of rotatable bonds is 4. The Labute approximate surface area is 159 Å². The maximum absolute atomic E-state index is 13.8. The summed E-state index contributed by atoms with van der Waals surface area (Å²) >= 11 is 3.43. The number of benzene rings is 2. The lowest BCUT2D eigenvalue weighted by molar-refractivity contribution is -0.122. The third kappa shape index (κ3) is 3.72. The topological polar surface area (TPSA) is 58.6 Å². The van der Waals surface area contributed by atoms with Gasteiger partial charge in [0.05, 0.1) is 13.0 Å². The second-order valence-electron chi connectivity index (χ2n) is 6.18. The Balaban J connectivity index is 1.70. The molecule has 0 bridgehead atoms. The fourth-order valence-corrected chi connectivity index (χ4v) is 3.16. The average molecular weight is 421 g/mol. The van der Waals surface area contributed by atoms with Crippen LogP contribution in [0.3, 0.4) is 0 Å². The Morgan fingerprint density at radius 1 is 1.31 bits per heavy atom. The lowest BCUT2D eigenvalue weighted by atomic mass is 10.1. The number of anilines is 2. The average Bonchev–Trinajstić information content (AvgIpc) is 2.99. The maximum atomic E-state index is 13.8. The van der Waals surface area contributed by atoms with Gasteiger partial charge >= 0.3 is 0 Å². The van der Waals surface area contributed by atoms with Crippen LogP contribution in [0.5, 0.6) is 5.75 Å². The van der Waals surface area contributed by atoms with Gasteiger partial charge in [0.1, 0.15) is 0 Å². The Bertz CT molecular complexity index is 872. The van der Waals surface area contributed by atoms with Crippen molar-refractivity contribution in [3.8, 4) is 5.75 Å². The monoisotopic (exact) mass is 420 g/mol. The number of nitrogens with one attached hydrogen (secondary N) is 1. The zero-order valence-electron chi connectivity index (χ0n) is 14.4. The number of amides is 2. The molecule has 1 fully saturated rings. The molecular weight excluding hydrogens is 403 g/mol. The van der Waals surface area contributed by atoms with Gasteiger partial charge in [-0.25, -0.2) is 4.39 Å². The summed E-state index contributed by atoms with van der Waals surface area (Å²) in [6.45, 7) is 2.24. The predicted octanol–water partition coefficient (Wildman–Crippen LogP) is 3.90. The van der Waals surface area contributed by atoms with Crippen LogP contribution in [0.2, 0.25) is 0 Å². The van der Waals surface area contributed by atoms with E-state index in [2.05, 4.69) is 21.2 Å². The highest BCUT2D eigenvalue weighted by atomic mass is 79.9. The van der Waals surface area contributed by atoms with Crippen LogP contribution in [0, 0.1) is 18.7 Å². The van der Waals surface area contributed by atoms with E-state index in [9.17, 15) is 14.0 Å².